The lowest BCUT2D eigenvalue weighted by Crippen LogP contribution is -2.19. The van der Waals surface area contributed by atoms with Crippen molar-refractivity contribution in [2.45, 2.75) is 12.1 Å². The summed E-state index contributed by atoms with van der Waals surface area (Å²) in [5.74, 6) is -0.551. The molecule has 2 heterocycles. The Bertz CT molecular complexity index is 1700. The first-order valence-corrected chi connectivity index (χ1v) is 11.8. The van der Waals surface area contributed by atoms with E-state index < -0.39 is 16.4 Å². The Hall–Kier alpha value is -4.64. The first-order chi connectivity index (χ1) is 17.4. The molecule has 0 spiro atoms. The second kappa shape index (κ2) is 9.55. The molecule has 178 valence electrons. The number of rotatable bonds is 6. The number of nitro groups is 1. The number of thioether (sulfide) groups is 1. The molecule has 5 rings (SSSR count). The smallest absolute Gasteiger partial charge is 0.300 e. The maximum Gasteiger partial charge on any atom is 0.300 e. The largest absolute Gasteiger partial charge is 0.320 e. The molecule has 0 saturated carbocycles. The standard InChI is InChI=1S/C25H18N6O4S/c1-15-10-12-16(13-11-15)22-24(33)28-23-17-6-2-3-7-18(17)27-25(30(23)29-22)36-14-21(32)26-19-8-4-5-9-20(19)31(34)35/h2-13H,14H2,1H3,(H,26,32). The summed E-state index contributed by atoms with van der Waals surface area (Å²) in [6.07, 6.45) is 0. The van der Waals surface area contributed by atoms with Gasteiger partial charge in [-0.15, -0.1) is 0 Å². The van der Waals surface area contributed by atoms with Gasteiger partial charge in [0.05, 0.1) is 16.2 Å². The van der Waals surface area contributed by atoms with Gasteiger partial charge in [0.2, 0.25) is 5.91 Å². The topological polar surface area (TPSA) is 132 Å². The molecule has 0 fully saturated rings. The van der Waals surface area contributed by atoms with Crippen LogP contribution in [0.2, 0.25) is 0 Å². The van der Waals surface area contributed by atoms with Crippen molar-refractivity contribution in [1.82, 2.24) is 19.6 Å². The zero-order valence-electron chi connectivity index (χ0n) is 18.9. The van der Waals surface area contributed by atoms with Crippen molar-refractivity contribution >= 4 is 45.6 Å². The van der Waals surface area contributed by atoms with Gasteiger partial charge in [-0.3, -0.25) is 19.7 Å². The fourth-order valence-electron chi connectivity index (χ4n) is 3.65. The molecule has 36 heavy (non-hydrogen) atoms. The number of fused-ring (bicyclic) bond motifs is 3. The summed E-state index contributed by atoms with van der Waals surface area (Å²) in [6, 6.07) is 20.5. The highest BCUT2D eigenvalue weighted by molar-refractivity contribution is 7.99. The van der Waals surface area contributed by atoms with Gasteiger partial charge in [-0.1, -0.05) is 65.9 Å². The summed E-state index contributed by atoms with van der Waals surface area (Å²) >= 11 is 1.08. The summed E-state index contributed by atoms with van der Waals surface area (Å²) in [4.78, 5) is 45.2. The summed E-state index contributed by atoms with van der Waals surface area (Å²) in [5, 5.41) is 19.4. The van der Waals surface area contributed by atoms with Crippen LogP contribution in [-0.2, 0) is 4.79 Å². The van der Waals surface area contributed by atoms with Crippen LogP contribution in [0.4, 0.5) is 11.4 Å². The third-order valence-corrected chi connectivity index (χ3v) is 6.31. The monoisotopic (exact) mass is 498 g/mol. The highest BCUT2D eigenvalue weighted by atomic mass is 32.2. The quantitative estimate of drug-likeness (QED) is 0.121. The molecule has 0 aliphatic heterocycles. The van der Waals surface area contributed by atoms with Gasteiger partial charge < -0.3 is 5.32 Å². The number of amides is 1. The number of carbonyl (C=O) groups is 1. The number of anilines is 1. The van der Waals surface area contributed by atoms with Crippen molar-refractivity contribution in [2.24, 2.45) is 0 Å². The van der Waals surface area contributed by atoms with E-state index in [1.54, 1.807) is 30.3 Å². The van der Waals surface area contributed by atoms with Crippen LogP contribution in [0.25, 0.3) is 27.8 Å². The number of benzene rings is 3. The molecule has 0 unspecified atom stereocenters. The minimum atomic E-state index is -0.556. The average Bonchev–Trinajstić information content (AvgIpc) is 2.88. The van der Waals surface area contributed by atoms with Crippen molar-refractivity contribution < 1.29 is 9.72 Å². The number of aryl methyl sites for hydroxylation is 1. The Kier molecular flexibility index (Phi) is 6.13. The lowest BCUT2D eigenvalue weighted by atomic mass is 10.1. The number of hydrogen-bond donors (Lipinski definition) is 1. The van der Waals surface area contributed by atoms with Crippen LogP contribution in [0.1, 0.15) is 5.56 Å². The fraction of sp³-hybridized carbons (Fsp3) is 0.0800. The summed E-state index contributed by atoms with van der Waals surface area (Å²) in [6.45, 7) is 1.95. The number of hydrogen-bond acceptors (Lipinski definition) is 8. The first-order valence-electron chi connectivity index (χ1n) is 10.8. The second-order valence-corrected chi connectivity index (χ2v) is 8.83. The van der Waals surface area contributed by atoms with Crippen molar-refractivity contribution in [2.75, 3.05) is 11.1 Å². The van der Waals surface area contributed by atoms with E-state index in [1.807, 2.05) is 31.2 Å². The second-order valence-electron chi connectivity index (χ2n) is 7.89. The molecule has 0 saturated heterocycles. The Balaban J connectivity index is 1.53. The normalized spacial score (nSPS) is 11.0. The van der Waals surface area contributed by atoms with Crippen molar-refractivity contribution in [3.8, 4) is 11.3 Å². The van der Waals surface area contributed by atoms with Crippen LogP contribution in [0.15, 0.2) is 82.7 Å². The number of nitrogens with zero attached hydrogens (tertiary/aromatic N) is 5. The molecular formula is C25H18N6O4S. The van der Waals surface area contributed by atoms with E-state index in [0.717, 1.165) is 17.3 Å². The zero-order valence-corrected chi connectivity index (χ0v) is 19.7. The molecule has 3 aromatic carbocycles. The molecule has 2 aromatic heterocycles. The molecular weight excluding hydrogens is 480 g/mol. The minimum absolute atomic E-state index is 0.0971. The van der Waals surface area contributed by atoms with Crippen LogP contribution in [0, 0.1) is 17.0 Å². The number of para-hydroxylation sites is 3. The van der Waals surface area contributed by atoms with E-state index >= 15 is 0 Å². The summed E-state index contributed by atoms with van der Waals surface area (Å²) in [7, 11) is 0. The maximum absolute atomic E-state index is 12.9. The molecule has 1 amide bonds. The lowest BCUT2D eigenvalue weighted by Gasteiger charge is -2.11. The number of carbonyl (C=O) groups excluding carboxylic acids is 1. The van der Waals surface area contributed by atoms with Crippen LogP contribution in [0.3, 0.4) is 0 Å². The summed E-state index contributed by atoms with van der Waals surface area (Å²) < 4.78 is 1.46. The van der Waals surface area contributed by atoms with Gasteiger partial charge in [0.1, 0.15) is 5.69 Å². The van der Waals surface area contributed by atoms with Crippen LogP contribution in [-0.4, -0.2) is 36.2 Å². The highest BCUT2D eigenvalue weighted by Crippen LogP contribution is 2.26. The molecule has 10 nitrogen and oxygen atoms in total. The summed E-state index contributed by atoms with van der Waals surface area (Å²) in [5.41, 5.74) is 2.17. The van der Waals surface area contributed by atoms with Crippen molar-refractivity contribution in [1.29, 1.82) is 0 Å². The van der Waals surface area contributed by atoms with Gasteiger partial charge in [-0.25, -0.2) is 4.98 Å². The molecule has 0 bridgehead atoms. The van der Waals surface area contributed by atoms with E-state index in [2.05, 4.69) is 20.4 Å². The molecule has 0 aliphatic rings. The molecule has 5 aromatic rings. The van der Waals surface area contributed by atoms with Gasteiger partial charge in [-0.05, 0) is 25.1 Å². The minimum Gasteiger partial charge on any atom is -0.320 e. The lowest BCUT2D eigenvalue weighted by molar-refractivity contribution is -0.383. The maximum atomic E-state index is 12.9. The Morgan fingerprint density at radius 2 is 1.75 bits per heavy atom. The van der Waals surface area contributed by atoms with Gasteiger partial charge in [0, 0.05) is 17.0 Å². The third kappa shape index (κ3) is 4.51. The van der Waals surface area contributed by atoms with Gasteiger partial charge in [0.25, 0.3) is 11.2 Å². The molecule has 0 radical (unpaired) electrons. The first kappa shape index (κ1) is 23.1. The predicted molar refractivity (Wildman–Crippen MR) is 137 cm³/mol. The van der Waals surface area contributed by atoms with E-state index in [4.69, 9.17) is 0 Å². The van der Waals surface area contributed by atoms with E-state index in [-0.39, 0.29) is 22.8 Å². The van der Waals surface area contributed by atoms with Gasteiger partial charge in [0.15, 0.2) is 16.5 Å². The average molecular weight is 499 g/mol. The van der Waals surface area contributed by atoms with Crippen molar-refractivity contribution in [3.63, 3.8) is 0 Å². The van der Waals surface area contributed by atoms with E-state index in [0.29, 0.717) is 27.3 Å². The van der Waals surface area contributed by atoms with Crippen LogP contribution in [0.5, 0.6) is 0 Å². The fourth-order valence-corrected chi connectivity index (χ4v) is 4.39. The number of aromatic nitrogens is 4. The molecule has 11 heteroatoms. The number of nitro benzene ring substituents is 1. The highest BCUT2D eigenvalue weighted by Gasteiger charge is 2.18. The Labute approximate surface area is 208 Å². The third-order valence-electron chi connectivity index (χ3n) is 5.39. The Morgan fingerprint density at radius 1 is 1.03 bits per heavy atom. The van der Waals surface area contributed by atoms with Crippen LogP contribution < -0.4 is 10.9 Å². The van der Waals surface area contributed by atoms with E-state index in [9.17, 15) is 19.7 Å². The molecule has 0 atom stereocenters. The predicted octanol–water partition coefficient (Wildman–Crippen LogP) is 4.25. The zero-order chi connectivity index (χ0) is 25.2. The number of nitrogens with one attached hydrogen (secondary N) is 1. The molecule has 0 aliphatic carbocycles. The van der Waals surface area contributed by atoms with Gasteiger partial charge >= 0.3 is 0 Å². The van der Waals surface area contributed by atoms with Crippen LogP contribution >= 0.6 is 11.8 Å². The Morgan fingerprint density at radius 3 is 2.53 bits per heavy atom. The molecule has 1 N–H and O–H groups in total. The SMILES string of the molecule is Cc1ccc(-c2nn3c(SCC(=O)Nc4ccccc4[N+](=O)[O-])nc4ccccc4c3nc2=O)cc1. The van der Waals surface area contributed by atoms with E-state index in [1.165, 1.54) is 22.7 Å². The van der Waals surface area contributed by atoms with Crippen molar-refractivity contribution in [3.05, 3.63) is 98.8 Å². The van der Waals surface area contributed by atoms with Gasteiger partial charge in [-0.2, -0.15) is 14.6 Å².